The molecule has 1 unspecified atom stereocenters. The molecule has 0 fully saturated rings. The maximum atomic E-state index is 13.0. The second-order valence-electron chi connectivity index (χ2n) is 4.34. The molecule has 0 radical (unpaired) electrons. The number of benzene rings is 1. The van der Waals surface area contributed by atoms with Crippen molar-refractivity contribution < 1.29 is 13.9 Å². The lowest BCUT2D eigenvalue weighted by Gasteiger charge is -2.13. The van der Waals surface area contributed by atoms with Crippen molar-refractivity contribution >= 4 is 21.9 Å². The summed E-state index contributed by atoms with van der Waals surface area (Å²) in [5.41, 5.74) is 0.366. The molecule has 1 aromatic rings. The molecule has 1 atom stereocenters. The van der Waals surface area contributed by atoms with Gasteiger partial charge in [0.25, 0.3) is 0 Å². The van der Waals surface area contributed by atoms with Gasteiger partial charge in [-0.1, -0.05) is 19.8 Å². The summed E-state index contributed by atoms with van der Waals surface area (Å²) < 4.78 is 18.6. The minimum absolute atomic E-state index is 0.104. The van der Waals surface area contributed by atoms with Crippen LogP contribution in [0.5, 0.6) is 0 Å². The van der Waals surface area contributed by atoms with Crippen LogP contribution in [0.15, 0.2) is 22.7 Å². The molecule has 0 saturated heterocycles. The fourth-order valence-corrected chi connectivity index (χ4v) is 1.99. The Bertz CT molecular complexity index is 407. The van der Waals surface area contributed by atoms with Crippen molar-refractivity contribution in [3.05, 3.63) is 34.1 Å². The quantitative estimate of drug-likeness (QED) is 0.561. The molecule has 0 aliphatic rings. The van der Waals surface area contributed by atoms with Gasteiger partial charge in [-0.05, 0) is 53.9 Å². The first-order valence-electron chi connectivity index (χ1n) is 6.20. The average Bonchev–Trinajstić information content (AvgIpc) is 2.33. The Morgan fingerprint density at radius 3 is 2.78 bits per heavy atom. The molecule has 2 nitrogen and oxygen atoms in total. The van der Waals surface area contributed by atoms with Crippen molar-refractivity contribution in [3.8, 4) is 0 Å². The Morgan fingerprint density at radius 1 is 1.44 bits per heavy atom. The lowest BCUT2D eigenvalue weighted by Crippen LogP contribution is -2.15. The van der Waals surface area contributed by atoms with Crippen molar-refractivity contribution in [3.63, 3.8) is 0 Å². The zero-order valence-electron chi connectivity index (χ0n) is 10.7. The van der Waals surface area contributed by atoms with Gasteiger partial charge in [-0.25, -0.2) is 9.18 Å². The molecule has 1 rings (SSSR count). The minimum atomic E-state index is -0.403. The van der Waals surface area contributed by atoms with Crippen LogP contribution in [0.1, 0.15) is 49.9 Å². The highest BCUT2D eigenvalue weighted by Crippen LogP contribution is 2.18. The van der Waals surface area contributed by atoms with Crippen LogP contribution in [-0.2, 0) is 4.74 Å². The van der Waals surface area contributed by atoms with E-state index in [1.165, 1.54) is 18.2 Å². The fraction of sp³-hybridized carbons (Fsp3) is 0.500. The minimum Gasteiger partial charge on any atom is -0.459 e. The number of carbonyl (C=O) groups excluding carboxylic acids is 1. The lowest BCUT2D eigenvalue weighted by molar-refractivity contribution is 0.0319. The summed E-state index contributed by atoms with van der Waals surface area (Å²) in [4.78, 5) is 11.8. The molecule has 100 valence electrons. The van der Waals surface area contributed by atoms with E-state index in [4.69, 9.17) is 4.74 Å². The number of hydrogen-bond donors (Lipinski definition) is 0. The van der Waals surface area contributed by atoms with Gasteiger partial charge in [0.1, 0.15) is 5.82 Å². The zero-order chi connectivity index (χ0) is 13.5. The molecular formula is C14H18BrFO2. The summed E-state index contributed by atoms with van der Waals surface area (Å²) in [5, 5.41) is 0. The highest BCUT2D eigenvalue weighted by molar-refractivity contribution is 9.10. The van der Waals surface area contributed by atoms with Crippen molar-refractivity contribution in [2.45, 2.75) is 45.6 Å². The van der Waals surface area contributed by atoms with Gasteiger partial charge in [-0.3, -0.25) is 0 Å². The van der Waals surface area contributed by atoms with Gasteiger partial charge in [0, 0.05) is 0 Å². The Hall–Kier alpha value is -0.900. The third kappa shape index (κ3) is 4.77. The van der Waals surface area contributed by atoms with Gasteiger partial charge in [0.15, 0.2) is 0 Å². The van der Waals surface area contributed by atoms with Gasteiger partial charge in [0.2, 0.25) is 0 Å². The average molecular weight is 317 g/mol. The van der Waals surface area contributed by atoms with Gasteiger partial charge < -0.3 is 4.74 Å². The van der Waals surface area contributed by atoms with Gasteiger partial charge >= 0.3 is 5.97 Å². The number of rotatable bonds is 6. The molecule has 1 aromatic carbocycles. The van der Waals surface area contributed by atoms with Crippen LogP contribution < -0.4 is 0 Å². The maximum absolute atomic E-state index is 13.0. The highest BCUT2D eigenvalue weighted by atomic mass is 79.9. The van der Waals surface area contributed by atoms with Crippen LogP contribution in [0.4, 0.5) is 4.39 Å². The van der Waals surface area contributed by atoms with E-state index in [0.29, 0.717) is 5.56 Å². The lowest BCUT2D eigenvalue weighted by atomic mass is 10.1. The predicted octanol–water partition coefficient (Wildman–Crippen LogP) is 4.71. The molecule has 0 amide bonds. The van der Waals surface area contributed by atoms with Crippen LogP contribution in [0, 0.1) is 5.82 Å². The number of halogens is 2. The molecule has 0 aromatic heterocycles. The SMILES string of the molecule is CCCCCC(C)OC(=O)c1ccc(F)c(Br)c1. The topological polar surface area (TPSA) is 26.3 Å². The van der Waals surface area contributed by atoms with Gasteiger partial charge in [-0.2, -0.15) is 0 Å². The van der Waals surface area contributed by atoms with Crippen LogP contribution in [0.25, 0.3) is 0 Å². The van der Waals surface area contributed by atoms with Crippen molar-refractivity contribution in [2.75, 3.05) is 0 Å². The number of esters is 1. The summed E-state index contributed by atoms with van der Waals surface area (Å²) in [5.74, 6) is -0.790. The van der Waals surface area contributed by atoms with Crippen molar-refractivity contribution in [1.82, 2.24) is 0 Å². The number of carbonyl (C=O) groups is 1. The van der Waals surface area contributed by atoms with Gasteiger partial charge in [0.05, 0.1) is 16.1 Å². The molecule has 0 heterocycles. The van der Waals surface area contributed by atoms with E-state index in [9.17, 15) is 9.18 Å². The molecule has 18 heavy (non-hydrogen) atoms. The number of unbranched alkanes of at least 4 members (excludes halogenated alkanes) is 2. The first kappa shape index (κ1) is 15.2. The summed E-state index contributed by atoms with van der Waals surface area (Å²) in [6.07, 6.45) is 4.10. The fourth-order valence-electron chi connectivity index (χ4n) is 1.61. The number of ether oxygens (including phenoxy) is 1. The molecule has 0 bridgehead atoms. The smallest absolute Gasteiger partial charge is 0.338 e. The van der Waals surface area contributed by atoms with E-state index in [1.54, 1.807) is 0 Å². The Balaban J connectivity index is 2.51. The van der Waals surface area contributed by atoms with Gasteiger partial charge in [-0.15, -0.1) is 0 Å². The maximum Gasteiger partial charge on any atom is 0.338 e. The van der Waals surface area contributed by atoms with Crippen molar-refractivity contribution in [2.24, 2.45) is 0 Å². The first-order valence-corrected chi connectivity index (χ1v) is 7.00. The molecule has 4 heteroatoms. The Morgan fingerprint density at radius 2 is 2.17 bits per heavy atom. The standard InChI is InChI=1S/C14H18BrFO2/c1-3-4-5-6-10(2)18-14(17)11-7-8-13(16)12(15)9-11/h7-10H,3-6H2,1-2H3. The molecule has 0 spiro atoms. The van der Waals surface area contributed by atoms with E-state index in [0.717, 1.165) is 25.7 Å². The largest absolute Gasteiger partial charge is 0.459 e. The summed E-state index contributed by atoms with van der Waals surface area (Å²) in [6.45, 7) is 4.01. The van der Waals surface area contributed by atoms with E-state index >= 15 is 0 Å². The van der Waals surface area contributed by atoms with Crippen LogP contribution in [0.3, 0.4) is 0 Å². The van der Waals surface area contributed by atoms with E-state index in [1.807, 2.05) is 6.92 Å². The van der Waals surface area contributed by atoms with Crippen LogP contribution in [0.2, 0.25) is 0 Å². The zero-order valence-corrected chi connectivity index (χ0v) is 12.3. The predicted molar refractivity (Wildman–Crippen MR) is 73.1 cm³/mol. The summed E-state index contributed by atoms with van der Waals surface area (Å²) in [7, 11) is 0. The Labute approximate surface area is 116 Å². The van der Waals surface area contributed by atoms with Crippen LogP contribution >= 0.6 is 15.9 Å². The molecule has 0 saturated carbocycles. The second kappa shape index (κ2) is 7.52. The Kier molecular flexibility index (Phi) is 6.33. The van der Waals surface area contributed by atoms with Crippen molar-refractivity contribution in [1.29, 1.82) is 0 Å². The molecule has 0 aliphatic heterocycles. The highest BCUT2D eigenvalue weighted by Gasteiger charge is 2.13. The van der Waals surface area contributed by atoms with Crippen LogP contribution in [-0.4, -0.2) is 12.1 Å². The third-order valence-electron chi connectivity index (χ3n) is 2.68. The van der Waals surface area contributed by atoms with E-state index in [-0.39, 0.29) is 16.4 Å². The van der Waals surface area contributed by atoms with E-state index < -0.39 is 5.97 Å². The second-order valence-corrected chi connectivity index (χ2v) is 5.19. The monoisotopic (exact) mass is 316 g/mol. The van der Waals surface area contributed by atoms with E-state index in [2.05, 4.69) is 22.9 Å². The molecule has 0 aliphatic carbocycles. The number of hydrogen-bond acceptors (Lipinski definition) is 2. The molecular weight excluding hydrogens is 299 g/mol. The third-order valence-corrected chi connectivity index (χ3v) is 3.29. The molecule has 0 N–H and O–H groups in total. The summed E-state index contributed by atoms with van der Waals surface area (Å²) >= 11 is 3.05. The first-order chi connectivity index (χ1) is 8.54. The normalized spacial score (nSPS) is 12.2. The summed E-state index contributed by atoms with van der Waals surface area (Å²) in [6, 6.07) is 4.13.